The van der Waals surface area contributed by atoms with Gasteiger partial charge in [-0.15, -0.1) is 0 Å². The van der Waals surface area contributed by atoms with E-state index in [9.17, 15) is 14.3 Å². The highest BCUT2D eigenvalue weighted by atomic mass is 19.1. The van der Waals surface area contributed by atoms with Gasteiger partial charge < -0.3 is 9.90 Å². The summed E-state index contributed by atoms with van der Waals surface area (Å²) in [6.45, 7) is 3.41. The van der Waals surface area contributed by atoms with E-state index in [1.165, 1.54) is 12.1 Å². The van der Waals surface area contributed by atoms with Gasteiger partial charge in [0.2, 0.25) is 0 Å². The number of phenolic OH excluding ortho intramolecular Hbond substituents is 1. The fourth-order valence-electron chi connectivity index (χ4n) is 1.41. The molecule has 76 valence electrons. The van der Waals surface area contributed by atoms with Crippen molar-refractivity contribution in [2.75, 3.05) is 0 Å². The maximum atomic E-state index is 13.0. The summed E-state index contributed by atoms with van der Waals surface area (Å²) < 4.78 is 13.0. The first kappa shape index (κ1) is 10.7. The van der Waals surface area contributed by atoms with Crippen LogP contribution in [0.3, 0.4) is 0 Å². The second-order valence-corrected chi connectivity index (χ2v) is 3.46. The molecule has 0 aliphatic rings. The Labute approximate surface area is 82.4 Å². The summed E-state index contributed by atoms with van der Waals surface area (Å²) in [7, 11) is 0. The number of aromatic hydroxyl groups is 1. The van der Waals surface area contributed by atoms with Gasteiger partial charge in [0.1, 0.15) is 17.9 Å². The van der Waals surface area contributed by atoms with Gasteiger partial charge in [0.25, 0.3) is 0 Å². The SMILES string of the molecule is Cc1cc(F)cc(C(C)CC=O)c1O. The largest absolute Gasteiger partial charge is 0.507 e. The van der Waals surface area contributed by atoms with Crippen molar-refractivity contribution >= 4 is 6.29 Å². The standard InChI is InChI=1S/C11H13FO2/c1-7(3-4-13)10-6-9(12)5-8(2)11(10)14/h4-7,14H,3H2,1-2H3. The van der Waals surface area contributed by atoms with Crippen molar-refractivity contribution < 1.29 is 14.3 Å². The number of benzene rings is 1. The first-order chi connectivity index (χ1) is 6.56. The summed E-state index contributed by atoms with van der Waals surface area (Å²) in [5, 5.41) is 9.64. The zero-order valence-corrected chi connectivity index (χ0v) is 8.25. The van der Waals surface area contributed by atoms with Crippen LogP contribution in [-0.4, -0.2) is 11.4 Å². The molecule has 3 heteroatoms. The Hall–Kier alpha value is -1.38. The van der Waals surface area contributed by atoms with E-state index < -0.39 is 0 Å². The van der Waals surface area contributed by atoms with Gasteiger partial charge in [-0.2, -0.15) is 0 Å². The number of aryl methyl sites for hydroxylation is 1. The molecule has 1 N–H and O–H groups in total. The van der Waals surface area contributed by atoms with Crippen LogP contribution in [-0.2, 0) is 4.79 Å². The third-order valence-electron chi connectivity index (χ3n) is 2.28. The number of halogens is 1. The molecule has 1 aromatic rings. The number of phenols is 1. The quantitative estimate of drug-likeness (QED) is 0.754. The molecule has 0 aromatic heterocycles. The van der Waals surface area contributed by atoms with Gasteiger partial charge in [0.15, 0.2) is 0 Å². The van der Waals surface area contributed by atoms with E-state index in [0.717, 1.165) is 6.29 Å². The van der Waals surface area contributed by atoms with E-state index >= 15 is 0 Å². The molecular weight excluding hydrogens is 183 g/mol. The summed E-state index contributed by atoms with van der Waals surface area (Å²) in [4.78, 5) is 10.3. The molecule has 0 bridgehead atoms. The van der Waals surface area contributed by atoms with Crippen molar-refractivity contribution in [1.82, 2.24) is 0 Å². The van der Waals surface area contributed by atoms with E-state index in [2.05, 4.69) is 0 Å². The van der Waals surface area contributed by atoms with Crippen molar-refractivity contribution in [3.05, 3.63) is 29.1 Å². The summed E-state index contributed by atoms with van der Waals surface area (Å²) in [6, 6.07) is 2.54. The smallest absolute Gasteiger partial charge is 0.124 e. The average Bonchev–Trinajstić information content (AvgIpc) is 2.11. The highest BCUT2D eigenvalue weighted by molar-refractivity contribution is 5.53. The lowest BCUT2D eigenvalue weighted by Crippen LogP contribution is -1.97. The van der Waals surface area contributed by atoms with E-state index in [0.29, 0.717) is 11.1 Å². The molecule has 1 atom stereocenters. The predicted octanol–water partition coefficient (Wildman–Crippen LogP) is 2.53. The van der Waals surface area contributed by atoms with Crippen molar-refractivity contribution in [2.45, 2.75) is 26.2 Å². The third kappa shape index (κ3) is 2.10. The van der Waals surface area contributed by atoms with Crippen LogP contribution < -0.4 is 0 Å². The number of hydrogen-bond donors (Lipinski definition) is 1. The maximum Gasteiger partial charge on any atom is 0.124 e. The monoisotopic (exact) mass is 196 g/mol. The first-order valence-electron chi connectivity index (χ1n) is 4.49. The Kier molecular flexibility index (Phi) is 3.23. The third-order valence-corrected chi connectivity index (χ3v) is 2.28. The number of rotatable bonds is 3. The van der Waals surface area contributed by atoms with Crippen molar-refractivity contribution in [1.29, 1.82) is 0 Å². The highest BCUT2D eigenvalue weighted by Gasteiger charge is 2.13. The summed E-state index contributed by atoms with van der Waals surface area (Å²) in [5.41, 5.74) is 0.993. The van der Waals surface area contributed by atoms with Crippen molar-refractivity contribution in [2.24, 2.45) is 0 Å². The highest BCUT2D eigenvalue weighted by Crippen LogP contribution is 2.31. The average molecular weight is 196 g/mol. The summed E-state index contributed by atoms with van der Waals surface area (Å²) >= 11 is 0. The Morgan fingerprint density at radius 3 is 2.79 bits per heavy atom. The van der Waals surface area contributed by atoms with Crippen LogP contribution in [0, 0.1) is 12.7 Å². The van der Waals surface area contributed by atoms with Crippen molar-refractivity contribution in [3.63, 3.8) is 0 Å². The lowest BCUT2D eigenvalue weighted by Gasteiger charge is -2.12. The number of carbonyl (C=O) groups excluding carboxylic acids is 1. The second-order valence-electron chi connectivity index (χ2n) is 3.46. The molecule has 0 fully saturated rings. The minimum absolute atomic E-state index is 0.0840. The van der Waals surface area contributed by atoms with Gasteiger partial charge in [0, 0.05) is 12.0 Å². The van der Waals surface area contributed by atoms with Crippen LogP contribution >= 0.6 is 0 Å². The maximum absolute atomic E-state index is 13.0. The normalized spacial score (nSPS) is 12.5. The first-order valence-corrected chi connectivity index (χ1v) is 4.49. The molecule has 1 unspecified atom stereocenters. The Morgan fingerprint density at radius 2 is 2.21 bits per heavy atom. The fraction of sp³-hybridized carbons (Fsp3) is 0.364. The predicted molar refractivity (Wildman–Crippen MR) is 51.9 cm³/mol. The topological polar surface area (TPSA) is 37.3 Å². The molecule has 1 rings (SSSR count). The number of carbonyl (C=O) groups is 1. The fourth-order valence-corrected chi connectivity index (χ4v) is 1.41. The van der Waals surface area contributed by atoms with Crippen molar-refractivity contribution in [3.8, 4) is 5.75 Å². The van der Waals surface area contributed by atoms with Gasteiger partial charge in [0.05, 0.1) is 0 Å². The molecule has 0 radical (unpaired) electrons. The minimum atomic E-state index is -0.381. The molecule has 1 aromatic carbocycles. The molecular formula is C11H13FO2. The van der Waals surface area contributed by atoms with E-state index in [4.69, 9.17) is 0 Å². The lowest BCUT2D eigenvalue weighted by atomic mass is 9.95. The van der Waals surface area contributed by atoms with Crippen LogP contribution in [0.15, 0.2) is 12.1 Å². The van der Waals surface area contributed by atoms with E-state index in [1.54, 1.807) is 13.8 Å². The molecule has 0 amide bonds. The summed E-state index contributed by atoms with van der Waals surface area (Å²) in [5.74, 6) is -0.448. The van der Waals surface area contributed by atoms with Crippen LogP contribution in [0.4, 0.5) is 4.39 Å². The Morgan fingerprint density at radius 1 is 1.57 bits per heavy atom. The molecule has 0 saturated carbocycles. The zero-order chi connectivity index (χ0) is 10.7. The molecule has 0 aliphatic carbocycles. The van der Waals surface area contributed by atoms with Crippen LogP contribution in [0.25, 0.3) is 0 Å². The van der Waals surface area contributed by atoms with Gasteiger partial charge in [-0.25, -0.2) is 4.39 Å². The molecule has 14 heavy (non-hydrogen) atoms. The minimum Gasteiger partial charge on any atom is -0.507 e. The van der Waals surface area contributed by atoms with Crippen LogP contribution in [0.1, 0.15) is 30.4 Å². The van der Waals surface area contributed by atoms with Crippen LogP contribution in [0.2, 0.25) is 0 Å². The molecule has 2 nitrogen and oxygen atoms in total. The van der Waals surface area contributed by atoms with E-state index in [-0.39, 0.29) is 23.9 Å². The lowest BCUT2D eigenvalue weighted by molar-refractivity contribution is -0.108. The van der Waals surface area contributed by atoms with Gasteiger partial charge in [-0.1, -0.05) is 6.92 Å². The summed E-state index contributed by atoms with van der Waals surface area (Å²) in [6.07, 6.45) is 1.06. The van der Waals surface area contributed by atoms with Gasteiger partial charge in [-0.3, -0.25) is 0 Å². The van der Waals surface area contributed by atoms with Gasteiger partial charge >= 0.3 is 0 Å². The zero-order valence-electron chi connectivity index (χ0n) is 8.25. The van der Waals surface area contributed by atoms with E-state index in [1.807, 2.05) is 0 Å². The number of aldehydes is 1. The Balaban J connectivity index is 3.12. The second kappa shape index (κ2) is 4.22. The molecule has 0 saturated heterocycles. The molecule has 0 heterocycles. The van der Waals surface area contributed by atoms with Crippen LogP contribution in [0.5, 0.6) is 5.75 Å². The molecule has 0 spiro atoms. The number of hydrogen-bond acceptors (Lipinski definition) is 2. The molecule has 0 aliphatic heterocycles. The van der Waals surface area contributed by atoms with Gasteiger partial charge in [-0.05, 0) is 30.5 Å². The Bertz CT molecular complexity index is 347.